The average Bonchev–Trinajstić information content (AvgIpc) is 2.50. The molecule has 2 N–H and O–H groups in total. The zero-order valence-electron chi connectivity index (χ0n) is 12.5. The molecule has 0 aromatic heterocycles. The monoisotopic (exact) mass is 324 g/mol. The summed E-state index contributed by atoms with van der Waals surface area (Å²) in [5, 5.41) is 17.4. The number of nitro groups is 1. The molecule has 2 rings (SSSR count). The van der Waals surface area contributed by atoms with Crippen LogP contribution < -0.4 is 10.6 Å². The van der Waals surface area contributed by atoms with E-state index in [0.29, 0.717) is 10.8 Å². The van der Waals surface area contributed by atoms with Gasteiger partial charge in [0.2, 0.25) is 0 Å². The lowest BCUT2D eigenvalue weighted by Gasteiger charge is -2.26. The van der Waals surface area contributed by atoms with Crippen LogP contribution in [0.15, 0.2) is 18.2 Å². The van der Waals surface area contributed by atoms with Crippen LogP contribution in [0.1, 0.15) is 5.56 Å². The van der Waals surface area contributed by atoms with Gasteiger partial charge < -0.3 is 15.4 Å². The lowest BCUT2D eigenvalue weighted by atomic mass is 10.2. The Morgan fingerprint density at radius 3 is 2.86 bits per heavy atom. The summed E-state index contributed by atoms with van der Waals surface area (Å²) < 4.78 is 5.29. The summed E-state index contributed by atoms with van der Waals surface area (Å²) in [7, 11) is 0. The van der Waals surface area contributed by atoms with Gasteiger partial charge in [-0.3, -0.25) is 15.0 Å². The molecule has 1 aliphatic rings. The molecule has 0 aliphatic carbocycles. The summed E-state index contributed by atoms with van der Waals surface area (Å²) in [6, 6.07) is 4.68. The number of benzene rings is 1. The van der Waals surface area contributed by atoms with E-state index in [4.69, 9.17) is 17.0 Å². The Bertz CT molecular complexity index is 547. The molecule has 1 aromatic rings. The Hall–Kier alpha value is -1.77. The second-order valence-electron chi connectivity index (χ2n) is 5.09. The van der Waals surface area contributed by atoms with Crippen molar-refractivity contribution in [3.8, 4) is 0 Å². The largest absolute Gasteiger partial charge is 0.379 e. The van der Waals surface area contributed by atoms with E-state index in [1.54, 1.807) is 6.07 Å². The summed E-state index contributed by atoms with van der Waals surface area (Å²) in [4.78, 5) is 12.7. The quantitative estimate of drug-likeness (QED) is 0.483. The van der Waals surface area contributed by atoms with Gasteiger partial charge >= 0.3 is 0 Å². The number of ether oxygens (including phenoxy) is 1. The fourth-order valence-electron chi connectivity index (χ4n) is 2.18. The highest BCUT2D eigenvalue weighted by Gasteiger charge is 2.11. The first-order chi connectivity index (χ1) is 10.6. The van der Waals surface area contributed by atoms with Crippen LogP contribution in [0, 0.1) is 17.0 Å². The van der Waals surface area contributed by atoms with Gasteiger partial charge in [0.25, 0.3) is 5.69 Å². The smallest absolute Gasteiger partial charge is 0.271 e. The van der Waals surface area contributed by atoms with E-state index >= 15 is 0 Å². The molecule has 7 nitrogen and oxygen atoms in total. The molecule has 0 radical (unpaired) electrons. The van der Waals surface area contributed by atoms with E-state index in [1.165, 1.54) is 12.1 Å². The van der Waals surface area contributed by atoms with E-state index in [-0.39, 0.29) is 5.69 Å². The Morgan fingerprint density at radius 1 is 1.45 bits per heavy atom. The van der Waals surface area contributed by atoms with Crippen molar-refractivity contribution in [2.75, 3.05) is 44.7 Å². The number of nitrogens with one attached hydrogen (secondary N) is 2. The van der Waals surface area contributed by atoms with E-state index in [1.807, 2.05) is 6.92 Å². The topological polar surface area (TPSA) is 79.7 Å². The second-order valence-corrected chi connectivity index (χ2v) is 5.50. The van der Waals surface area contributed by atoms with E-state index in [2.05, 4.69) is 15.5 Å². The minimum atomic E-state index is -0.417. The van der Waals surface area contributed by atoms with Gasteiger partial charge in [-0.15, -0.1) is 0 Å². The first-order valence-electron chi connectivity index (χ1n) is 7.16. The third-order valence-electron chi connectivity index (χ3n) is 3.50. The predicted octanol–water partition coefficient (Wildman–Crippen LogP) is 1.52. The SMILES string of the molecule is Cc1ccc([N+](=O)[O-])cc1NC(=S)NCCN1CCOCC1. The van der Waals surface area contributed by atoms with Gasteiger partial charge in [0.05, 0.1) is 18.1 Å². The standard InChI is InChI=1S/C14H20N4O3S/c1-11-2-3-12(18(19)20)10-13(11)16-14(22)15-4-5-17-6-8-21-9-7-17/h2-3,10H,4-9H2,1H3,(H2,15,16,22). The summed E-state index contributed by atoms with van der Waals surface area (Å²) in [6.07, 6.45) is 0. The molecule has 0 spiro atoms. The van der Waals surface area contributed by atoms with Gasteiger partial charge in [0, 0.05) is 44.0 Å². The lowest BCUT2D eigenvalue weighted by Crippen LogP contribution is -2.42. The molecule has 1 aromatic carbocycles. The minimum Gasteiger partial charge on any atom is -0.379 e. The molecular formula is C14H20N4O3S. The highest BCUT2D eigenvalue weighted by atomic mass is 32.1. The number of nitrogens with zero attached hydrogens (tertiary/aromatic N) is 2. The third kappa shape index (κ3) is 4.90. The molecule has 1 heterocycles. The van der Waals surface area contributed by atoms with Crippen LogP contribution in [0.3, 0.4) is 0 Å². The highest BCUT2D eigenvalue weighted by molar-refractivity contribution is 7.80. The van der Waals surface area contributed by atoms with E-state index in [9.17, 15) is 10.1 Å². The van der Waals surface area contributed by atoms with Crippen molar-refractivity contribution >= 4 is 28.7 Å². The van der Waals surface area contributed by atoms with Crippen LogP contribution >= 0.6 is 12.2 Å². The van der Waals surface area contributed by atoms with Gasteiger partial charge in [0.15, 0.2) is 5.11 Å². The Balaban J connectivity index is 1.81. The minimum absolute atomic E-state index is 0.0456. The Labute approximate surface area is 134 Å². The fourth-order valence-corrected chi connectivity index (χ4v) is 2.39. The number of thiocarbonyl (C=S) groups is 1. The second kappa shape index (κ2) is 8.02. The summed E-state index contributed by atoms with van der Waals surface area (Å²) in [5.74, 6) is 0. The maximum absolute atomic E-state index is 10.8. The highest BCUT2D eigenvalue weighted by Crippen LogP contribution is 2.21. The number of nitro benzene ring substituents is 1. The molecule has 1 aliphatic heterocycles. The first-order valence-corrected chi connectivity index (χ1v) is 7.57. The molecule has 0 amide bonds. The van der Waals surface area contributed by atoms with Crippen LogP contribution in [-0.2, 0) is 4.74 Å². The summed E-state index contributed by atoms with van der Waals surface area (Å²) >= 11 is 5.24. The number of non-ortho nitro benzene ring substituents is 1. The van der Waals surface area contributed by atoms with E-state index < -0.39 is 4.92 Å². The molecule has 8 heteroatoms. The molecule has 0 bridgehead atoms. The molecule has 0 saturated carbocycles. The molecule has 0 unspecified atom stereocenters. The molecule has 22 heavy (non-hydrogen) atoms. The molecule has 1 fully saturated rings. The first kappa shape index (κ1) is 16.6. The maximum atomic E-state index is 10.8. The average molecular weight is 324 g/mol. The van der Waals surface area contributed by atoms with Crippen molar-refractivity contribution in [3.63, 3.8) is 0 Å². The number of aryl methyl sites for hydroxylation is 1. The zero-order chi connectivity index (χ0) is 15.9. The van der Waals surface area contributed by atoms with Crippen molar-refractivity contribution in [1.82, 2.24) is 10.2 Å². The summed E-state index contributed by atoms with van der Waals surface area (Å²) in [5.41, 5.74) is 1.60. The molecule has 120 valence electrons. The Morgan fingerprint density at radius 2 is 2.18 bits per heavy atom. The lowest BCUT2D eigenvalue weighted by molar-refractivity contribution is -0.384. The number of morpholine rings is 1. The van der Waals surface area contributed by atoms with Gasteiger partial charge in [-0.2, -0.15) is 0 Å². The number of anilines is 1. The van der Waals surface area contributed by atoms with Crippen LogP contribution in [0.4, 0.5) is 11.4 Å². The van der Waals surface area contributed by atoms with Crippen molar-refractivity contribution in [2.45, 2.75) is 6.92 Å². The number of rotatable bonds is 5. The van der Waals surface area contributed by atoms with Crippen LogP contribution in [0.5, 0.6) is 0 Å². The van der Waals surface area contributed by atoms with Gasteiger partial charge in [0.1, 0.15) is 0 Å². The predicted molar refractivity (Wildman–Crippen MR) is 89.3 cm³/mol. The molecular weight excluding hydrogens is 304 g/mol. The van der Waals surface area contributed by atoms with Crippen molar-refractivity contribution < 1.29 is 9.66 Å². The van der Waals surface area contributed by atoms with Gasteiger partial charge in [-0.05, 0) is 24.7 Å². The van der Waals surface area contributed by atoms with Crippen LogP contribution in [0.25, 0.3) is 0 Å². The normalized spacial score (nSPS) is 15.3. The van der Waals surface area contributed by atoms with Gasteiger partial charge in [-0.25, -0.2) is 0 Å². The maximum Gasteiger partial charge on any atom is 0.271 e. The summed E-state index contributed by atoms with van der Waals surface area (Å²) in [6.45, 7) is 6.91. The van der Waals surface area contributed by atoms with Crippen molar-refractivity contribution in [1.29, 1.82) is 0 Å². The van der Waals surface area contributed by atoms with E-state index in [0.717, 1.165) is 45.0 Å². The molecule has 0 atom stereocenters. The fraction of sp³-hybridized carbons (Fsp3) is 0.500. The Kier molecular flexibility index (Phi) is 6.05. The number of hydrogen-bond donors (Lipinski definition) is 2. The number of hydrogen-bond acceptors (Lipinski definition) is 5. The van der Waals surface area contributed by atoms with Crippen LogP contribution in [0.2, 0.25) is 0 Å². The zero-order valence-corrected chi connectivity index (χ0v) is 13.3. The van der Waals surface area contributed by atoms with Crippen molar-refractivity contribution in [3.05, 3.63) is 33.9 Å². The third-order valence-corrected chi connectivity index (χ3v) is 3.74. The van der Waals surface area contributed by atoms with Crippen molar-refractivity contribution in [2.24, 2.45) is 0 Å². The van der Waals surface area contributed by atoms with Gasteiger partial charge in [-0.1, -0.05) is 6.07 Å². The molecule has 1 saturated heterocycles. The van der Waals surface area contributed by atoms with Crippen LogP contribution in [-0.4, -0.2) is 54.3 Å².